The quantitative estimate of drug-likeness (QED) is 0.809. The topological polar surface area (TPSA) is 43.4 Å². The second-order valence-corrected chi connectivity index (χ2v) is 5.34. The average molecular weight is 320 g/mol. The van der Waals surface area contributed by atoms with E-state index in [-0.39, 0.29) is 5.63 Å². The summed E-state index contributed by atoms with van der Waals surface area (Å²) in [6.07, 6.45) is 4.54. The molecule has 2 aliphatic rings. The van der Waals surface area contributed by atoms with Crippen LogP contribution in [0.15, 0.2) is 35.6 Å². The molecule has 0 aromatic carbocycles. The van der Waals surface area contributed by atoms with Crippen LogP contribution in [-0.2, 0) is 0 Å². The lowest BCUT2D eigenvalue weighted by Crippen LogP contribution is -1.94. The zero-order chi connectivity index (χ0) is 10.1. The van der Waals surface area contributed by atoms with E-state index < -0.39 is 0 Å². The smallest absolute Gasteiger partial charge is 0.344 e. The third-order valence-electron chi connectivity index (χ3n) is 1.72. The highest BCUT2D eigenvalue weighted by molar-refractivity contribution is 9.28. The Kier molecular flexibility index (Phi) is 2.60. The first-order chi connectivity index (χ1) is 6.68. The van der Waals surface area contributed by atoms with Gasteiger partial charge in [0.25, 0.3) is 0 Å². The number of hydrogen-bond acceptors (Lipinski definition) is 3. The van der Waals surface area contributed by atoms with Crippen molar-refractivity contribution < 1.29 is 8.83 Å². The van der Waals surface area contributed by atoms with Crippen LogP contribution in [0.5, 0.6) is 0 Å². The maximum atomic E-state index is 11.4. The van der Waals surface area contributed by atoms with Crippen LogP contribution in [-0.4, -0.2) is 0 Å². The molecule has 0 aromatic rings. The van der Waals surface area contributed by atoms with Gasteiger partial charge in [0.1, 0.15) is 6.26 Å². The van der Waals surface area contributed by atoms with Gasteiger partial charge >= 0.3 is 5.63 Å². The van der Waals surface area contributed by atoms with Crippen molar-refractivity contribution >= 4 is 37.9 Å². The second-order valence-electron chi connectivity index (χ2n) is 2.57. The molecule has 72 valence electrons. The van der Waals surface area contributed by atoms with E-state index in [4.69, 9.17) is 8.83 Å². The molecule has 0 aliphatic carbocycles. The van der Waals surface area contributed by atoms with E-state index >= 15 is 0 Å². The van der Waals surface area contributed by atoms with Gasteiger partial charge in [-0.2, -0.15) is 0 Å². The van der Waals surface area contributed by atoms with Gasteiger partial charge in [-0.25, -0.2) is 4.79 Å². The fraction of sp³-hybridized carbons (Fsp3) is 0. The highest BCUT2D eigenvalue weighted by Gasteiger charge is 2.15. The number of furan rings is 1. The zero-order valence-electron chi connectivity index (χ0n) is 6.79. The first-order valence-electron chi connectivity index (χ1n) is 3.70. The Hall–Kier alpha value is -0.810. The highest BCUT2D eigenvalue weighted by atomic mass is 79.9. The minimum atomic E-state index is -0.377. The Morgan fingerprint density at radius 3 is 2.93 bits per heavy atom. The van der Waals surface area contributed by atoms with Crippen molar-refractivity contribution in [1.29, 1.82) is 0 Å². The van der Waals surface area contributed by atoms with E-state index in [2.05, 4.69) is 31.9 Å². The Balaban J connectivity index is 2.73. The van der Waals surface area contributed by atoms with Crippen LogP contribution in [0.2, 0.25) is 0 Å². The van der Waals surface area contributed by atoms with Crippen LogP contribution < -0.4 is 5.63 Å². The Bertz CT molecular complexity index is 505. The van der Waals surface area contributed by atoms with Gasteiger partial charge in [-0.05, 0) is 44.0 Å². The number of rotatable bonds is 1. The zero-order valence-corrected chi connectivity index (χ0v) is 9.96. The van der Waals surface area contributed by atoms with E-state index in [9.17, 15) is 4.79 Å². The van der Waals surface area contributed by atoms with Crippen molar-refractivity contribution in [3.63, 3.8) is 0 Å². The fourth-order valence-corrected chi connectivity index (χ4v) is 1.62. The predicted octanol–water partition coefficient (Wildman–Crippen LogP) is 3.43. The largest absolute Gasteiger partial charge is 0.469 e. The number of hydrogen-bond donors (Lipinski definition) is 0. The predicted molar refractivity (Wildman–Crippen MR) is 59.7 cm³/mol. The van der Waals surface area contributed by atoms with Crippen molar-refractivity contribution in [2.24, 2.45) is 0 Å². The van der Waals surface area contributed by atoms with Gasteiger partial charge in [0.15, 0.2) is 5.76 Å². The van der Waals surface area contributed by atoms with Crippen molar-refractivity contribution in [2.45, 2.75) is 0 Å². The summed E-state index contributed by atoms with van der Waals surface area (Å²) in [5.41, 5.74) is 0.856. The molecule has 0 fully saturated rings. The molecule has 0 unspecified atom stereocenters. The van der Waals surface area contributed by atoms with Crippen LogP contribution in [0, 0.1) is 0 Å². The molecule has 0 amide bonds. The summed E-state index contributed by atoms with van der Waals surface area (Å²) < 4.78 is 10.5. The summed E-state index contributed by atoms with van der Waals surface area (Å²) in [5, 5.41) is 0. The molecule has 0 radical (unpaired) electrons. The fourth-order valence-electron chi connectivity index (χ4n) is 1.17. The minimum absolute atomic E-state index is 0.377. The molecule has 0 N–H and O–H groups in total. The lowest BCUT2D eigenvalue weighted by atomic mass is 10.1. The standard InChI is InChI=1S/C9H4Br2O3/c10-8(11)3-6-5-1-2-13-4-7(5)14-9(6)12/h1-4H. The average Bonchev–Trinajstić information content (AvgIpc) is 2.43. The van der Waals surface area contributed by atoms with Crippen LogP contribution in [0.4, 0.5) is 0 Å². The van der Waals surface area contributed by atoms with Gasteiger partial charge in [0, 0.05) is 5.56 Å². The van der Waals surface area contributed by atoms with E-state index in [0.29, 0.717) is 14.7 Å². The SMILES string of the molecule is O=c1oc2coccc-2c1C=C(Br)Br. The number of fused-ring (bicyclic) bond motifs is 1. The van der Waals surface area contributed by atoms with Gasteiger partial charge in [-0.3, -0.25) is 0 Å². The summed E-state index contributed by atoms with van der Waals surface area (Å²) in [4.78, 5) is 11.4. The molecule has 2 heterocycles. The molecule has 0 atom stereocenters. The van der Waals surface area contributed by atoms with E-state index in [1.165, 1.54) is 12.5 Å². The molecular weight excluding hydrogens is 316 g/mol. The summed E-state index contributed by atoms with van der Waals surface area (Å²) >= 11 is 6.38. The lowest BCUT2D eigenvalue weighted by Gasteiger charge is -1.93. The molecule has 0 saturated heterocycles. The van der Waals surface area contributed by atoms with Gasteiger partial charge in [-0.15, -0.1) is 0 Å². The monoisotopic (exact) mass is 318 g/mol. The molecule has 2 rings (SSSR count). The van der Waals surface area contributed by atoms with Crippen molar-refractivity contribution in [1.82, 2.24) is 0 Å². The van der Waals surface area contributed by atoms with Crippen molar-refractivity contribution in [2.75, 3.05) is 0 Å². The van der Waals surface area contributed by atoms with Crippen LogP contribution in [0.1, 0.15) is 5.56 Å². The van der Waals surface area contributed by atoms with Gasteiger partial charge < -0.3 is 8.83 Å². The van der Waals surface area contributed by atoms with Crippen LogP contribution in [0.25, 0.3) is 17.4 Å². The second kappa shape index (κ2) is 3.74. The Morgan fingerprint density at radius 1 is 1.43 bits per heavy atom. The Morgan fingerprint density at radius 2 is 2.21 bits per heavy atom. The maximum Gasteiger partial charge on any atom is 0.344 e. The van der Waals surface area contributed by atoms with Crippen molar-refractivity contribution in [3.8, 4) is 11.3 Å². The van der Waals surface area contributed by atoms with E-state index in [1.807, 2.05) is 0 Å². The van der Waals surface area contributed by atoms with Crippen LogP contribution in [0.3, 0.4) is 0 Å². The summed E-state index contributed by atoms with van der Waals surface area (Å²) in [5.74, 6) is 0.449. The van der Waals surface area contributed by atoms with E-state index in [1.54, 1.807) is 12.1 Å². The first kappa shape index (κ1) is 9.73. The summed E-state index contributed by atoms with van der Waals surface area (Å²) in [6.45, 7) is 0. The third-order valence-corrected chi connectivity index (χ3v) is 2.18. The first-order valence-corrected chi connectivity index (χ1v) is 5.29. The molecule has 0 aromatic heterocycles. The summed E-state index contributed by atoms with van der Waals surface area (Å²) in [6, 6.07) is 1.69. The highest BCUT2D eigenvalue weighted by Crippen LogP contribution is 2.27. The number of halogens is 2. The third kappa shape index (κ3) is 1.69. The van der Waals surface area contributed by atoms with Gasteiger partial charge in [0.2, 0.25) is 0 Å². The minimum Gasteiger partial charge on any atom is -0.469 e. The van der Waals surface area contributed by atoms with Crippen LogP contribution >= 0.6 is 31.9 Å². The molecular formula is C9H4Br2O3. The summed E-state index contributed by atoms with van der Waals surface area (Å²) in [7, 11) is 0. The maximum absolute atomic E-state index is 11.4. The molecule has 3 nitrogen and oxygen atoms in total. The molecule has 0 saturated carbocycles. The van der Waals surface area contributed by atoms with E-state index in [0.717, 1.165) is 5.56 Å². The molecule has 2 aliphatic heterocycles. The van der Waals surface area contributed by atoms with Gasteiger partial charge in [-0.1, -0.05) is 0 Å². The molecule has 0 bridgehead atoms. The molecule has 5 heteroatoms. The molecule has 14 heavy (non-hydrogen) atoms. The Labute approximate surface area is 96.0 Å². The molecule has 0 spiro atoms. The lowest BCUT2D eigenvalue weighted by molar-refractivity contribution is 0.493. The normalized spacial score (nSPS) is 10.4. The van der Waals surface area contributed by atoms with Gasteiger partial charge in [0.05, 0.1) is 15.2 Å². The van der Waals surface area contributed by atoms with Crippen molar-refractivity contribution in [3.05, 3.63) is 38.0 Å².